The highest BCUT2D eigenvalue weighted by molar-refractivity contribution is 5.83. The Hall–Kier alpha value is -2.84. The SMILES string of the molecule is N#CC1CN(C(=O)Cn2c(N3CC[C@@H](F)[C@H](N)C3)nc3cc(F)c(F)cc32)CCO1. The van der Waals surface area contributed by atoms with Gasteiger partial charge in [0.05, 0.1) is 36.3 Å². The normalized spacial score (nSPS) is 24.8. The molecule has 2 N–H and O–H groups in total. The Morgan fingerprint density at radius 3 is 2.80 bits per heavy atom. The topological polar surface area (TPSA) is 100 Å². The molecule has 11 heteroatoms. The number of aromatic nitrogens is 2. The highest BCUT2D eigenvalue weighted by Crippen LogP contribution is 2.28. The molecule has 1 aromatic heterocycles. The van der Waals surface area contributed by atoms with Crippen molar-refractivity contribution in [1.29, 1.82) is 5.26 Å². The summed E-state index contributed by atoms with van der Waals surface area (Å²) in [7, 11) is 0. The van der Waals surface area contributed by atoms with Gasteiger partial charge in [-0.05, 0) is 6.42 Å². The van der Waals surface area contributed by atoms with Crippen molar-refractivity contribution < 1.29 is 22.7 Å². The summed E-state index contributed by atoms with van der Waals surface area (Å²) in [4.78, 5) is 20.5. The summed E-state index contributed by atoms with van der Waals surface area (Å²) in [5.41, 5.74) is 6.29. The molecule has 3 heterocycles. The Morgan fingerprint density at radius 2 is 2.07 bits per heavy atom. The maximum Gasteiger partial charge on any atom is 0.242 e. The van der Waals surface area contributed by atoms with Crippen LogP contribution < -0.4 is 10.6 Å². The summed E-state index contributed by atoms with van der Waals surface area (Å²) in [6.07, 6.45) is -1.67. The van der Waals surface area contributed by atoms with Crippen molar-refractivity contribution in [2.75, 3.05) is 37.7 Å². The number of nitrogens with zero attached hydrogens (tertiary/aromatic N) is 5. The van der Waals surface area contributed by atoms with Crippen LogP contribution >= 0.6 is 0 Å². The van der Waals surface area contributed by atoms with Gasteiger partial charge >= 0.3 is 0 Å². The van der Waals surface area contributed by atoms with E-state index in [1.165, 1.54) is 9.47 Å². The van der Waals surface area contributed by atoms with Gasteiger partial charge in [0.15, 0.2) is 17.7 Å². The number of hydrogen-bond acceptors (Lipinski definition) is 6. The van der Waals surface area contributed by atoms with Gasteiger partial charge in [0, 0.05) is 31.8 Å². The maximum absolute atomic E-state index is 13.9. The first-order chi connectivity index (χ1) is 14.4. The minimum absolute atomic E-state index is 0.123. The Morgan fingerprint density at radius 1 is 1.30 bits per heavy atom. The van der Waals surface area contributed by atoms with E-state index in [0.29, 0.717) is 19.0 Å². The van der Waals surface area contributed by atoms with Gasteiger partial charge in [0.1, 0.15) is 12.7 Å². The van der Waals surface area contributed by atoms with E-state index < -0.39 is 30.0 Å². The van der Waals surface area contributed by atoms with Crippen molar-refractivity contribution in [3.05, 3.63) is 23.8 Å². The summed E-state index contributed by atoms with van der Waals surface area (Å²) in [5, 5.41) is 9.05. The number of ether oxygens (including phenoxy) is 1. The zero-order chi connectivity index (χ0) is 21.4. The minimum Gasteiger partial charge on any atom is -0.360 e. The molecular formula is C19H21F3N6O2. The molecular weight excluding hydrogens is 401 g/mol. The third-order valence-electron chi connectivity index (χ3n) is 5.48. The number of halogens is 3. The molecule has 1 aromatic carbocycles. The van der Waals surface area contributed by atoms with Crippen LogP contribution in [0, 0.1) is 23.0 Å². The lowest BCUT2D eigenvalue weighted by atomic mass is 10.1. The van der Waals surface area contributed by atoms with Crippen molar-refractivity contribution in [3.63, 3.8) is 0 Å². The summed E-state index contributed by atoms with van der Waals surface area (Å²) in [6.45, 7) is 0.960. The van der Waals surface area contributed by atoms with Crippen LogP contribution in [0.25, 0.3) is 11.0 Å². The molecule has 0 aliphatic carbocycles. The number of nitriles is 1. The zero-order valence-corrected chi connectivity index (χ0v) is 16.1. The Balaban J connectivity index is 1.68. The van der Waals surface area contributed by atoms with Crippen molar-refractivity contribution in [1.82, 2.24) is 14.5 Å². The molecule has 2 saturated heterocycles. The van der Waals surface area contributed by atoms with Gasteiger partial charge in [-0.25, -0.2) is 18.2 Å². The third kappa shape index (κ3) is 3.80. The lowest BCUT2D eigenvalue weighted by Crippen LogP contribution is -2.51. The highest BCUT2D eigenvalue weighted by Gasteiger charge is 2.31. The molecule has 2 aliphatic heterocycles. The zero-order valence-electron chi connectivity index (χ0n) is 16.1. The van der Waals surface area contributed by atoms with Gasteiger partial charge in [-0.3, -0.25) is 4.79 Å². The lowest BCUT2D eigenvalue weighted by molar-refractivity contribution is -0.137. The highest BCUT2D eigenvalue weighted by atomic mass is 19.2. The molecule has 8 nitrogen and oxygen atoms in total. The fourth-order valence-corrected chi connectivity index (χ4v) is 3.83. The van der Waals surface area contributed by atoms with Crippen LogP contribution in [0.15, 0.2) is 12.1 Å². The Kier molecular flexibility index (Phi) is 5.53. The van der Waals surface area contributed by atoms with E-state index in [9.17, 15) is 18.0 Å². The molecule has 2 fully saturated rings. The van der Waals surface area contributed by atoms with Crippen LogP contribution in [-0.2, 0) is 16.1 Å². The van der Waals surface area contributed by atoms with Crippen molar-refractivity contribution in [3.8, 4) is 6.07 Å². The average molecular weight is 422 g/mol. The van der Waals surface area contributed by atoms with Gasteiger partial charge in [-0.2, -0.15) is 5.26 Å². The molecule has 1 amide bonds. The first-order valence-corrected chi connectivity index (χ1v) is 9.66. The molecule has 160 valence electrons. The fourth-order valence-electron chi connectivity index (χ4n) is 3.83. The predicted molar refractivity (Wildman–Crippen MR) is 101 cm³/mol. The smallest absolute Gasteiger partial charge is 0.242 e. The molecule has 4 rings (SSSR count). The van der Waals surface area contributed by atoms with Crippen LogP contribution in [0.4, 0.5) is 19.1 Å². The van der Waals surface area contributed by atoms with E-state index in [2.05, 4.69) is 4.98 Å². The van der Waals surface area contributed by atoms with E-state index >= 15 is 0 Å². The summed E-state index contributed by atoms with van der Waals surface area (Å²) < 4.78 is 48.3. The molecule has 2 aromatic rings. The molecule has 0 radical (unpaired) electrons. The first kappa shape index (κ1) is 20.4. The number of anilines is 1. The van der Waals surface area contributed by atoms with Gasteiger partial charge in [0.25, 0.3) is 0 Å². The lowest BCUT2D eigenvalue weighted by Gasteiger charge is -2.34. The van der Waals surface area contributed by atoms with Gasteiger partial charge < -0.3 is 24.8 Å². The third-order valence-corrected chi connectivity index (χ3v) is 5.48. The first-order valence-electron chi connectivity index (χ1n) is 9.66. The van der Waals surface area contributed by atoms with Crippen LogP contribution in [0.5, 0.6) is 0 Å². The number of piperidine rings is 1. The van der Waals surface area contributed by atoms with Gasteiger partial charge in [-0.15, -0.1) is 0 Å². The van der Waals surface area contributed by atoms with Crippen molar-refractivity contribution in [2.45, 2.75) is 31.3 Å². The fraction of sp³-hybridized carbons (Fsp3) is 0.526. The van der Waals surface area contributed by atoms with Crippen LogP contribution in [0.2, 0.25) is 0 Å². The van der Waals surface area contributed by atoms with E-state index in [1.54, 1.807) is 4.90 Å². The molecule has 0 saturated carbocycles. The quantitative estimate of drug-likeness (QED) is 0.790. The Labute approximate surface area is 170 Å². The number of hydrogen-bond donors (Lipinski definition) is 1. The summed E-state index contributed by atoms with van der Waals surface area (Å²) >= 11 is 0. The van der Waals surface area contributed by atoms with Crippen molar-refractivity contribution in [2.24, 2.45) is 5.73 Å². The number of morpholine rings is 1. The number of carbonyl (C=O) groups excluding carboxylic acids is 1. The summed E-state index contributed by atoms with van der Waals surface area (Å²) in [6, 6.07) is 3.21. The van der Waals surface area contributed by atoms with E-state index in [-0.39, 0.29) is 49.6 Å². The van der Waals surface area contributed by atoms with Crippen LogP contribution in [-0.4, -0.2) is 71.5 Å². The number of carbonyl (C=O) groups is 1. The number of benzene rings is 1. The van der Waals surface area contributed by atoms with Crippen molar-refractivity contribution >= 4 is 22.9 Å². The van der Waals surface area contributed by atoms with Gasteiger partial charge in [0.2, 0.25) is 11.9 Å². The molecule has 1 unspecified atom stereocenters. The predicted octanol–water partition coefficient (Wildman–Crippen LogP) is 0.941. The van der Waals surface area contributed by atoms with E-state index in [1.807, 2.05) is 6.07 Å². The second kappa shape index (κ2) is 8.12. The number of fused-ring (bicyclic) bond motifs is 1. The monoisotopic (exact) mass is 422 g/mol. The standard InChI is InChI=1S/C19H21F3N6O2/c20-12-1-2-27(9-15(12)24)19-25-16-5-13(21)14(22)6-17(16)28(19)10-18(29)26-3-4-30-11(7-23)8-26/h5-6,11-12,15H,1-4,8-10,24H2/t11?,12-,15-/m1/s1. The maximum atomic E-state index is 13.9. The van der Waals surface area contributed by atoms with Gasteiger partial charge in [-0.1, -0.05) is 0 Å². The van der Waals surface area contributed by atoms with E-state index in [4.69, 9.17) is 15.7 Å². The second-order valence-corrected chi connectivity index (χ2v) is 7.50. The van der Waals surface area contributed by atoms with Crippen LogP contribution in [0.1, 0.15) is 6.42 Å². The number of imidazole rings is 1. The molecule has 0 bridgehead atoms. The minimum atomic E-state index is -1.15. The molecule has 2 aliphatic rings. The number of alkyl halides is 1. The average Bonchev–Trinajstić information content (AvgIpc) is 3.07. The molecule has 30 heavy (non-hydrogen) atoms. The Bertz CT molecular complexity index is 1010. The number of nitrogens with two attached hydrogens (primary N) is 1. The molecule has 3 atom stereocenters. The summed E-state index contributed by atoms with van der Waals surface area (Å²) in [5.74, 6) is -2.11. The largest absolute Gasteiger partial charge is 0.360 e. The molecule has 0 spiro atoms. The van der Waals surface area contributed by atoms with Crippen LogP contribution in [0.3, 0.4) is 0 Å². The van der Waals surface area contributed by atoms with E-state index in [0.717, 1.165) is 12.1 Å². The number of rotatable bonds is 3. The number of amides is 1. The second-order valence-electron chi connectivity index (χ2n) is 7.50.